The van der Waals surface area contributed by atoms with E-state index in [9.17, 15) is 9.59 Å². The average molecular weight is 358 g/mol. The Labute approximate surface area is 158 Å². The number of imidazole rings is 1. The van der Waals surface area contributed by atoms with E-state index < -0.39 is 11.6 Å². The smallest absolute Gasteiger partial charge is 0.252 e. The zero-order valence-corrected chi connectivity index (χ0v) is 15.8. The van der Waals surface area contributed by atoms with Gasteiger partial charge >= 0.3 is 0 Å². The summed E-state index contributed by atoms with van der Waals surface area (Å²) in [4.78, 5) is 30.3. The lowest BCUT2D eigenvalue weighted by molar-refractivity contribution is 0.0809. The minimum Gasteiger partial charge on any atom is -0.324 e. The number of hydrogen-bond acceptors (Lipinski definition) is 3. The molecule has 0 saturated heterocycles. The molecular formula is C23H22N2O2. The zero-order valence-electron chi connectivity index (χ0n) is 15.8. The third-order valence-corrected chi connectivity index (χ3v) is 5.07. The molecule has 0 spiro atoms. The van der Waals surface area contributed by atoms with Gasteiger partial charge in [0.05, 0.1) is 0 Å². The van der Waals surface area contributed by atoms with Gasteiger partial charge in [-0.25, -0.2) is 4.98 Å². The largest absolute Gasteiger partial charge is 0.324 e. The van der Waals surface area contributed by atoms with Gasteiger partial charge in [-0.3, -0.25) is 9.59 Å². The monoisotopic (exact) mass is 358 g/mol. The number of hydrogen-bond donors (Lipinski definition) is 0. The summed E-state index contributed by atoms with van der Waals surface area (Å²) in [5.74, 6) is 0.117. The molecule has 4 rings (SSSR count). The Morgan fingerprint density at radius 1 is 0.963 bits per heavy atom. The number of Topliss-reactive ketones (excluding diaryl/α,β-unsaturated/α-hetero) is 2. The topological polar surface area (TPSA) is 52.0 Å². The highest BCUT2D eigenvalue weighted by Gasteiger charge is 2.36. The van der Waals surface area contributed by atoms with Crippen LogP contribution in [-0.2, 0) is 13.0 Å². The predicted molar refractivity (Wildman–Crippen MR) is 105 cm³/mol. The molecule has 0 radical (unpaired) electrons. The molecule has 1 aliphatic carbocycles. The van der Waals surface area contributed by atoms with Crippen LogP contribution in [0.15, 0.2) is 48.5 Å². The van der Waals surface area contributed by atoms with Crippen LogP contribution in [0.3, 0.4) is 0 Å². The molecule has 1 heterocycles. The number of aromatic nitrogens is 2. The highest BCUT2D eigenvalue weighted by atomic mass is 16.2. The maximum absolute atomic E-state index is 12.9. The Morgan fingerprint density at radius 2 is 1.70 bits per heavy atom. The summed E-state index contributed by atoms with van der Waals surface area (Å²) >= 11 is 0. The Hall–Kier alpha value is -3.01. The molecule has 4 heteroatoms. The molecule has 27 heavy (non-hydrogen) atoms. The van der Waals surface area contributed by atoms with Crippen molar-refractivity contribution in [1.82, 2.24) is 9.55 Å². The molecule has 0 bridgehead atoms. The van der Waals surface area contributed by atoms with Crippen molar-refractivity contribution < 1.29 is 9.59 Å². The van der Waals surface area contributed by atoms with Crippen molar-refractivity contribution in [2.24, 2.45) is 0 Å². The molecule has 3 aromatic rings. The normalized spacial score (nSPS) is 13.0. The van der Waals surface area contributed by atoms with Crippen molar-refractivity contribution in [3.05, 3.63) is 76.7 Å². The van der Waals surface area contributed by atoms with Crippen LogP contribution in [-0.4, -0.2) is 21.1 Å². The maximum atomic E-state index is 12.9. The first-order valence-electron chi connectivity index (χ1n) is 9.31. The number of nitrogens with zero attached hydrogens (tertiary/aromatic N) is 2. The summed E-state index contributed by atoms with van der Waals surface area (Å²) in [5, 5.41) is 0. The lowest BCUT2D eigenvalue weighted by Crippen LogP contribution is -2.25. The van der Waals surface area contributed by atoms with E-state index in [0.29, 0.717) is 23.5 Å². The molecular weight excluding hydrogens is 336 g/mol. The Morgan fingerprint density at radius 3 is 2.41 bits per heavy atom. The van der Waals surface area contributed by atoms with Crippen molar-refractivity contribution >= 4 is 11.6 Å². The van der Waals surface area contributed by atoms with E-state index in [1.807, 2.05) is 22.8 Å². The first-order chi connectivity index (χ1) is 13.0. The summed E-state index contributed by atoms with van der Waals surface area (Å²) in [6.07, 6.45) is 0.785. The van der Waals surface area contributed by atoms with Crippen LogP contribution < -0.4 is 0 Å². The Kier molecular flexibility index (Phi) is 4.27. The van der Waals surface area contributed by atoms with Gasteiger partial charge in [0.2, 0.25) is 5.78 Å². The first kappa shape index (κ1) is 17.4. The van der Waals surface area contributed by atoms with Gasteiger partial charge in [0.15, 0.2) is 0 Å². The van der Waals surface area contributed by atoms with Crippen molar-refractivity contribution in [3.63, 3.8) is 0 Å². The summed E-state index contributed by atoms with van der Waals surface area (Å²) < 4.78 is 1.96. The number of carbonyl (C=O) groups is 2. The standard InChI is InChI=1S/C23H22N2O2/c1-14(2)23-24-19-17-9-4-5-10-18(17)21(26)22(27)20(19)25(23)12-11-16-8-6-7-15(3)13-16/h4-10,13-14H,11-12H2,1-3H3. The van der Waals surface area contributed by atoms with Crippen molar-refractivity contribution in [3.8, 4) is 11.3 Å². The number of ketones is 2. The van der Waals surface area contributed by atoms with Crippen LogP contribution in [0.1, 0.15) is 57.6 Å². The minimum absolute atomic E-state index is 0.156. The molecule has 0 aliphatic heterocycles. The van der Waals surface area contributed by atoms with Gasteiger partial charge in [0.25, 0.3) is 5.78 Å². The second kappa shape index (κ2) is 6.62. The van der Waals surface area contributed by atoms with Gasteiger partial charge in [-0.1, -0.05) is 67.9 Å². The number of fused-ring (bicyclic) bond motifs is 3. The third-order valence-electron chi connectivity index (χ3n) is 5.07. The molecule has 2 aromatic carbocycles. The zero-order chi connectivity index (χ0) is 19.1. The average Bonchev–Trinajstić information content (AvgIpc) is 3.05. The van der Waals surface area contributed by atoms with Crippen LogP contribution in [0.5, 0.6) is 0 Å². The van der Waals surface area contributed by atoms with Crippen LogP contribution in [0.2, 0.25) is 0 Å². The fourth-order valence-electron chi connectivity index (χ4n) is 3.78. The van der Waals surface area contributed by atoms with E-state index in [0.717, 1.165) is 17.8 Å². The van der Waals surface area contributed by atoms with Gasteiger partial charge in [-0.2, -0.15) is 0 Å². The summed E-state index contributed by atoms with van der Waals surface area (Å²) in [6, 6.07) is 15.6. The Bertz CT molecular complexity index is 1060. The molecule has 0 saturated carbocycles. The molecule has 0 atom stereocenters. The minimum atomic E-state index is -0.452. The molecule has 0 fully saturated rings. The van der Waals surface area contributed by atoms with Gasteiger partial charge in [0, 0.05) is 23.6 Å². The lowest BCUT2D eigenvalue weighted by Gasteiger charge is -2.17. The number of carbonyl (C=O) groups excluding carboxylic acids is 2. The van der Waals surface area contributed by atoms with E-state index in [2.05, 4.69) is 39.0 Å². The van der Waals surface area contributed by atoms with E-state index in [1.165, 1.54) is 11.1 Å². The van der Waals surface area contributed by atoms with Gasteiger partial charge in [-0.05, 0) is 18.9 Å². The quantitative estimate of drug-likeness (QED) is 0.640. The van der Waals surface area contributed by atoms with E-state index in [4.69, 9.17) is 4.98 Å². The highest BCUT2D eigenvalue weighted by Crippen LogP contribution is 2.35. The number of benzene rings is 2. The van der Waals surface area contributed by atoms with Crippen molar-refractivity contribution in [2.45, 2.75) is 39.7 Å². The van der Waals surface area contributed by atoms with Gasteiger partial charge in [-0.15, -0.1) is 0 Å². The van der Waals surface area contributed by atoms with Crippen LogP contribution in [0.4, 0.5) is 0 Å². The highest BCUT2D eigenvalue weighted by molar-refractivity contribution is 6.52. The third kappa shape index (κ3) is 2.91. The molecule has 1 aliphatic rings. The van der Waals surface area contributed by atoms with Crippen LogP contribution in [0, 0.1) is 6.92 Å². The molecule has 0 unspecified atom stereocenters. The molecule has 1 aromatic heterocycles. The lowest BCUT2D eigenvalue weighted by atomic mass is 9.90. The second-order valence-electron chi connectivity index (χ2n) is 7.42. The van der Waals surface area contributed by atoms with Gasteiger partial charge in [0.1, 0.15) is 17.2 Å². The van der Waals surface area contributed by atoms with Crippen LogP contribution >= 0.6 is 0 Å². The maximum Gasteiger partial charge on any atom is 0.252 e. The second-order valence-corrected chi connectivity index (χ2v) is 7.42. The predicted octanol–water partition coefficient (Wildman–Crippen LogP) is 4.60. The Balaban J connectivity index is 1.82. The van der Waals surface area contributed by atoms with Gasteiger partial charge < -0.3 is 4.57 Å². The molecule has 0 N–H and O–H groups in total. The fraction of sp³-hybridized carbons (Fsp3) is 0.261. The summed E-state index contributed by atoms with van der Waals surface area (Å²) in [5.41, 5.74) is 4.71. The van der Waals surface area contributed by atoms with Crippen molar-refractivity contribution in [1.29, 1.82) is 0 Å². The van der Waals surface area contributed by atoms with E-state index in [1.54, 1.807) is 12.1 Å². The fourth-order valence-corrected chi connectivity index (χ4v) is 3.78. The summed E-state index contributed by atoms with van der Waals surface area (Å²) in [7, 11) is 0. The summed E-state index contributed by atoms with van der Waals surface area (Å²) in [6.45, 7) is 6.83. The molecule has 136 valence electrons. The van der Waals surface area contributed by atoms with E-state index >= 15 is 0 Å². The number of aryl methyl sites for hydroxylation is 2. The van der Waals surface area contributed by atoms with Crippen LogP contribution in [0.25, 0.3) is 11.3 Å². The van der Waals surface area contributed by atoms with E-state index in [-0.39, 0.29) is 5.92 Å². The molecule has 0 amide bonds. The molecule has 4 nitrogen and oxygen atoms in total. The SMILES string of the molecule is Cc1cccc(CCn2c(C(C)C)nc3c2C(=O)C(=O)c2ccccc2-3)c1. The van der Waals surface area contributed by atoms with Crippen molar-refractivity contribution in [2.75, 3.05) is 0 Å². The first-order valence-corrected chi connectivity index (χ1v) is 9.31. The number of rotatable bonds is 4.